The predicted molar refractivity (Wildman–Crippen MR) is 76.1 cm³/mol. The minimum atomic E-state index is -0.501. The van der Waals surface area contributed by atoms with E-state index in [1.54, 1.807) is 18.2 Å². The van der Waals surface area contributed by atoms with E-state index in [0.29, 0.717) is 22.8 Å². The second-order valence-electron chi connectivity index (χ2n) is 4.65. The Hall–Kier alpha value is -2.88. The van der Waals surface area contributed by atoms with Gasteiger partial charge in [0.1, 0.15) is 23.3 Å². The third-order valence-corrected chi connectivity index (χ3v) is 2.86. The number of carbonyl (C=O) groups excluding carboxylic acids is 1. The first-order valence-corrected chi connectivity index (χ1v) is 6.37. The van der Waals surface area contributed by atoms with Crippen LogP contribution in [-0.2, 0) is 0 Å². The number of para-hydroxylation sites is 1. The first kappa shape index (κ1) is 14.5. The first-order chi connectivity index (χ1) is 10.1. The van der Waals surface area contributed by atoms with Gasteiger partial charge in [0, 0.05) is 5.92 Å². The minimum absolute atomic E-state index is 0.0218. The number of rotatable bonds is 4. The number of aromatic nitrogens is 3. The highest BCUT2D eigenvalue weighted by Gasteiger charge is 2.18. The Morgan fingerprint density at radius 2 is 2.24 bits per heavy atom. The van der Waals surface area contributed by atoms with Gasteiger partial charge in [-0.25, -0.2) is 4.98 Å². The van der Waals surface area contributed by atoms with Crippen LogP contribution in [0.1, 0.15) is 41.8 Å². The SMILES string of the molecule is COc1cccc(C#N)c1NC(=O)c1n[nH]c(C(C)C)n1. The topological polar surface area (TPSA) is 104 Å². The predicted octanol–water partition coefficient (Wildman–Crippen LogP) is 2.06. The lowest BCUT2D eigenvalue weighted by Gasteiger charge is -2.10. The van der Waals surface area contributed by atoms with Crippen molar-refractivity contribution in [1.82, 2.24) is 15.2 Å². The van der Waals surface area contributed by atoms with Crippen molar-refractivity contribution in [3.8, 4) is 11.8 Å². The molecule has 21 heavy (non-hydrogen) atoms. The number of anilines is 1. The van der Waals surface area contributed by atoms with Crippen molar-refractivity contribution in [3.63, 3.8) is 0 Å². The van der Waals surface area contributed by atoms with Gasteiger partial charge >= 0.3 is 0 Å². The summed E-state index contributed by atoms with van der Waals surface area (Å²) >= 11 is 0. The summed E-state index contributed by atoms with van der Waals surface area (Å²) in [6.07, 6.45) is 0. The molecule has 2 N–H and O–H groups in total. The smallest absolute Gasteiger partial charge is 0.295 e. The zero-order chi connectivity index (χ0) is 15.4. The van der Waals surface area contributed by atoms with E-state index in [2.05, 4.69) is 20.5 Å². The fraction of sp³-hybridized carbons (Fsp3) is 0.286. The maximum atomic E-state index is 12.2. The van der Waals surface area contributed by atoms with Crippen molar-refractivity contribution in [2.75, 3.05) is 12.4 Å². The number of hydrogen-bond acceptors (Lipinski definition) is 5. The van der Waals surface area contributed by atoms with Crippen LogP contribution in [0, 0.1) is 11.3 Å². The molecule has 0 spiro atoms. The monoisotopic (exact) mass is 285 g/mol. The summed E-state index contributed by atoms with van der Waals surface area (Å²) < 4.78 is 5.15. The van der Waals surface area contributed by atoms with E-state index in [-0.39, 0.29) is 11.7 Å². The highest BCUT2D eigenvalue weighted by atomic mass is 16.5. The summed E-state index contributed by atoms with van der Waals surface area (Å²) in [5.41, 5.74) is 0.616. The number of hydrogen-bond donors (Lipinski definition) is 2. The minimum Gasteiger partial charge on any atom is -0.495 e. The van der Waals surface area contributed by atoms with E-state index < -0.39 is 5.91 Å². The molecule has 1 aromatic heterocycles. The Morgan fingerprint density at radius 1 is 1.48 bits per heavy atom. The number of H-pyrrole nitrogens is 1. The van der Waals surface area contributed by atoms with Crippen LogP contribution in [0.2, 0.25) is 0 Å². The Labute approximate surface area is 122 Å². The Bertz CT molecular complexity index is 700. The molecule has 0 saturated carbocycles. The van der Waals surface area contributed by atoms with Crippen LogP contribution in [-0.4, -0.2) is 28.2 Å². The second kappa shape index (κ2) is 6.05. The third-order valence-electron chi connectivity index (χ3n) is 2.86. The molecule has 0 fully saturated rings. The van der Waals surface area contributed by atoms with Crippen LogP contribution in [0.25, 0.3) is 0 Å². The molecule has 2 rings (SSSR count). The van der Waals surface area contributed by atoms with Crippen LogP contribution in [0.4, 0.5) is 5.69 Å². The van der Waals surface area contributed by atoms with Crippen molar-refractivity contribution in [2.45, 2.75) is 19.8 Å². The van der Waals surface area contributed by atoms with Crippen molar-refractivity contribution in [1.29, 1.82) is 5.26 Å². The fourth-order valence-corrected chi connectivity index (χ4v) is 1.73. The van der Waals surface area contributed by atoms with E-state index in [1.807, 2.05) is 19.9 Å². The molecule has 0 bridgehead atoms. The van der Waals surface area contributed by atoms with Crippen molar-refractivity contribution >= 4 is 11.6 Å². The molecule has 1 amide bonds. The van der Waals surface area contributed by atoms with Gasteiger partial charge in [-0.2, -0.15) is 5.26 Å². The number of benzene rings is 1. The Morgan fingerprint density at radius 3 is 2.81 bits per heavy atom. The van der Waals surface area contributed by atoms with Crippen molar-refractivity contribution < 1.29 is 9.53 Å². The summed E-state index contributed by atoms with van der Waals surface area (Å²) in [7, 11) is 1.47. The molecule has 2 aromatic rings. The number of carbonyl (C=O) groups is 1. The maximum Gasteiger partial charge on any atom is 0.295 e. The van der Waals surface area contributed by atoms with Gasteiger partial charge in [0.2, 0.25) is 5.82 Å². The Balaban J connectivity index is 2.29. The van der Waals surface area contributed by atoms with E-state index in [4.69, 9.17) is 10.00 Å². The average Bonchev–Trinajstić information content (AvgIpc) is 2.97. The number of nitrogens with zero attached hydrogens (tertiary/aromatic N) is 3. The lowest BCUT2D eigenvalue weighted by molar-refractivity contribution is 0.101. The van der Waals surface area contributed by atoms with Crippen molar-refractivity contribution in [2.24, 2.45) is 0 Å². The normalized spacial score (nSPS) is 10.2. The summed E-state index contributed by atoms with van der Waals surface area (Å²) in [4.78, 5) is 16.3. The number of amides is 1. The van der Waals surface area contributed by atoms with Gasteiger partial charge in [0.15, 0.2) is 0 Å². The summed E-state index contributed by atoms with van der Waals surface area (Å²) in [5, 5.41) is 18.3. The van der Waals surface area contributed by atoms with E-state index in [0.717, 1.165) is 0 Å². The second-order valence-corrected chi connectivity index (χ2v) is 4.65. The highest BCUT2D eigenvalue weighted by molar-refractivity contribution is 6.03. The van der Waals surface area contributed by atoms with Crippen LogP contribution in [0.3, 0.4) is 0 Å². The van der Waals surface area contributed by atoms with Gasteiger partial charge in [-0.3, -0.25) is 9.89 Å². The first-order valence-electron chi connectivity index (χ1n) is 6.37. The number of ether oxygens (including phenoxy) is 1. The van der Waals surface area contributed by atoms with Crippen molar-refractivity contribution in [3.05, 3.63) is 35.4 Å². The number of methoxy groups -OCH3 is 1. The molecule has 0 aliphatic rings. The quantitative estimate of drug-likeness (QED) is 0.894. The van der Waals surface area contributed by atoms with Crippen LogP contribution in [0.15, 0.2) is 18.2 Å². The van der Waals surface area contributed by atoms with Crippen LogP contribution in [0.5, 0.6) is 5.75 Å². The van der Waals surface area contributed by atoms with Gasteiger partial charge in [0.05, 0.1) is 12.7 Å². The average molecular weight is 285 g/mol. The molecule has 0 saturated heterocycles. The largest absolute Gasteiger partial charge is 0.495 e. The molecule has 0 unspecified atom stereocenters. The number of aromatic amines is 1. The lowest BCUT2D eigenvalue weighted by atomic mass is 10.1. The molecule has 108 valence electrons. The zero-order valence-corrected chi connectivity index (χ0v) is 12.0. The summed E-state index contributed by atoms with van der Waals surface area (Å²) in [6, 6.07) is 6.94. The summed E-state index contributed by atoms with van der Waals surface area (Å²) in [5.74, 6) is 0.690. The molecular weight excluding hydrogens is 270 g/mol. The van der Waals surface area contributed by atoms with E-state index >= 15 is 0 Å². The molecule has 7 nitrogen and oxygen atoms in total. The van der Waals surface area contributed by atoms with Gasteiger partial charge in [-0.05, 0) is 12.1 Å². The molecule has 0 aliphatic carbocycles. The standard InChI is InChI=1S/C14H15N5O2/c1-8(2)12-17-13(19-18-12)14(20)16-11-9(7-15)5-4-6-10(11)21-3/h4-6,8H,1-3H3,(H,16,20)(H,17,18,19). The zero-order valence-electron chi connectivity index (χ0n) is 12.0. The molecule has 1 aromatic carbocycles. The molecule has 0 aliphatic heterocycles. The van der Waals surface area contributed by atoms with Crippen LogP contribution < -0.4 is 10.1 Å². The fourth-order valence-electron chi connectivity index (χ4n) is 1.73. The van der Waals surface area contributed by atoms with Gasteiger partial charge < -0.3 is 10.1 Å². The molecule has 1 heterocycles. The van der Waals surface area contributed by atoms with Gasteiger partial charge in [-0.1, -0.05) is 19.9 Å². The molecular formula is C14H15N5O2. The maximum absolute atomic E-state index is 12.2. The summed E-state index contributed by atoms with van der Waals surface area (Å²) in [6.45, 7) is 3.88. The molecule has 0 radical (unpaired) electrons. The number of nitrogens with one attached hydrogen (secondary N) is 2. The molecule has 0 atom stereocenters. The van der Waals surface area contributed by atoms with Crippen LogP contribution >= 0.6 is 0 Å². The molecule has 7 heteroatoms. The Kier molecular flexibility index (Phi) is 4.18. The van der Waals surface area contributed by atoms with E-state index in [1.165, 1.54) is 7.11 Å². The lowest BCUT2D eigenvalue weighted by Crippen LogP contribution is -2.15. The van der Waals surface area contributed by atoms with E-state index in [9.17, 15) is 4.79 Å². The third kappa shape index (κ3) is 3.00. The van der Waals surface area contributed by atoms with Gasteiger partial charge in [-0.15, -0.1) is 5.10 Å². The van der Waals surface area contributed by atoms with Gasteiger partial charge in [0.25, 0.3) is 5.91 Å². The number of nitriles is 1. The highest BCUT2D eigenvalue weighted by Crippen LogP contribution is 2.28.